The molecule has 1 unspecified atom stereocenters. The van der Waals surface area contributed by atoms with Gasteiger partial charge in [-0.15, -0.1) is 0 Å². The van der Waals surface area contributed by atoms with Gasteiger partial charge in [0.1, 0.15) is 0 Å². The number of hydrogen-bond donors (Lipinski definition) is 1. The molecule has 0 radical (unpaired) electrons. The molecule has 0 bridgehead atoms. The molecule has 0 aromatic carbocycles. The highest BCUT2D eigenvalue weighted by Gasteiger charge is 2.20. The van der Waals surface area contributed by atoms with Crippen molar-refractivity contribution in [3.63, 3.8) is 0 Å². The van der Waals surface area contributed by atoms with Gasteiger partial charge in [-0.1, -0.05) is 39.5 Å². The molecule has 0 spiro atoms. The molecule has 0 aliphatic carbocycles. The minimum Gasteiger partial charge on any atom is -0.343 e. The van der Waals surface area contributed by atoms with E-state index in [0.29, 0.717) is 18.4 Å². The van der Waals surface area contributed by atoms with Gasteiger partial charge >= 0.3 is 0 Å². The third-order valence-corrected chi connectivity index (χ3v) is 4.97. The molecule has 0 aromatic heterocycles. The van der Waals surface area contributed by atoms with Crippen molar-refractivity contribution in [3.8, 4) is 0 Å². The molecule has 1 heterocycles. The molecule has 1 rings (SSSR count). The number of hydrogen-bond acceptors (Lipinski definition) is 3. The van der Waals surface area contributed by atoms with Gasteiger partial charge in [0.15, 0.2) is 0 Å². The number of rotatable bonds is 10. The van der Waals surface area contributed by atoms with Gasteiger partial charge in [0, 0.05) is 43.6 Å². The zero-order chi connectivity index (χ0) is 14.6. The maximum Gasteiger partial charge on any atom is 0.224 e. The molecule has 1 atom stereocenters. The summed E-state index contributed by atoms with van der Waals surface area (Å²) in [7, 11) is 0. The van der Waals surface area contributed by atoms with Crippen LogP contribution in [0.1, 0.15) is 58.8 Å². The van der Waals surface area contributed by atoms with E-state index in [2.05, 4.69) is 24.1 Å². The van der Waals surface area contributed by atoms with Gasteiger partial charge in [0.2, 0.25) is 5.91 Å². The van der Waals surface area contributed by atoms with Gasteiger partial charge in [-0.2, -0.15) is 11.8 Å². The van der Waals surface area contributed by atoms with Gasteiger partial charge in [0.05, 0.1) is 0 Å². The number of carbonyl (C=O) groups is 1. The first-order valence-corrected chi connectivity index (χ1v) is 9.52. The molecule has 3 nitrogen and oxygen atoms in total. The predicted molar refractivity (Wildman–Crippen MR) is 89.4 cm³/mol. The van der Waals surface area contributed by atoms with Crippen molar-refractivity contribution in [1.82, 2.24) is 10.2 Å². The van der Waals surface area contributed by atoms with Gasteiger partial charge in [-0.25, -0.2) is 0 Å². The fraction of sp³-hybridized carbons (Fsp3) is 0.938. The van der Waals surface area contributed by atoms with E-state index in [1.54, 1.807) is 0 Å². The van der Waals surface area contributed by atoms with Crippen LogP contribution < -0.4 is 5.32 Å². The second kappa shape index (κ2) is 11.4. The topological polar surface area (TPSA) is 32.3 Å². The molecule has 1 aliphatic heterocycles. The third kappa shape index (κ3) is 7.53. The summed E-state index contributed by atoms with van der Waals surface area (Å²) >= 11 is 1.97. The van der Waals surface area contributed by atoms with E-state index in [9.17, 15) is 4.79 Å². The summed E-state index contributed by atoms with van der Waals surface area (Å²) in [6.45, 7) is 7.39. The van der Waals surface area contributed by atoms with Crippen molar-refractivity contribution < 1.29 is 4.79 Å². The predicted octanol–water partition coefficient (Wildman–Crippen LogP) is 3.29. The van der Waals surface area contributed by atoms with Crippen molar-refractivity contribution in [3.05, 3.63) is 0 Å². The van der Waals surface area contributed by atoms with Crippen LogP contribution in [0, 0.1) is 0 Å². The lowest BCUT2D eigenvalue weighted by Crippen LogP contribution is -2.43. The van der Waals surface area contributed by atoms with Crippen molar-refractivity contribution >= 4 is 17.7 Å². The number of amides is 1. The Balaban J connectivity index is 2.35. The zero-order valence-corrected chi connectivity index (χ0v) is 14.1. The van der Waals surface area contributed by atoms with Crippen LogP contribution in [0.2, 0.25) is 0 Å². The van der Waals surface area contributed by atoms with Crippen molar-refractivity contribution in [2.24, 2.45) is 0 Å². The average molecular weight is 301 g/mol. The quantitative estimate of drug-likeness (QED) is 0.628. The molecule has 4 heteroatoms. The smallest absolute Gasteiger partial charge is 0.224 e. The highest BCUT2D eigenvalue weighted by Crippen LogP contribution is 2.12. The Morgan fingerprint density at radius 3 is 2.30 bits per heavy atom. The normalized spacial score (nSPS) is 19.0. The molecular weight excluding hydrogens is 268 g/mol. The van der Waals surface area contributed by atoms with Gasteiger partial charge in [-0.05, 0) is 12.8 Å². The van der Waals surface area contributed by atoms with Crippen LogP contribution in [0.3, 0.4) is 0 Å². The number of carbonyl (C=O) groups excluding carboxylic acids is 1. The number of nitrogens with zero attached hydrogens (tertiary/aromatic N) is 1. The molecule has 20 heavy (non-hydrogen) atoms. The SMILES string of the molecule is CCCCCN(CCCCC)C(=O)CC1CSCCN1. The first-order chi connectivity index (χ1) is 9.77. The van der Waals surface area contributed by atoms with E-state index in [-0.39, 0.29) is 0 Å². The molecule has 1 fully saturated rings. The Morgan fingerprint density at radius 1 is 1.15 bits per heavy atom. The molecule has 1 aliphatic rings. The van der Waals surface area contributed by atoms with Crippen LogP contribution in [0.4, 0.5) is 0 Å². The Bertz CT molecular complexity index is 245. The molecule has 1 N–H and O–H groups in total. The maximum absolute atomic E-state index is 12.5. The third-order valence-electron chi connectivity index (χ3n) is 3.84. The van der Waals surface area contributed by atoms with Crippen LogP contribution >= 0.6 is 11.8 Å². The van der Waals surface area contributed by atoms with E-state index in [1.165, 1.54) is 31.4 Å². The van der Waals surface area contributed by atoms with E-state index in [1.807, 2.05) is 11.8 Å². The zero-order valence-electron chi connectivity index (χ0n) is 13.3. The molecule has 118 valence electrons. The highest BCUT2D eigenvalue weighted by molar-refractivity contribution is 7.99. The minimum atomic E-state index is 0.359. The summed E-state index contributed by atoms with van der Waals surface area (Å²) < 4.78 is 0. The van der Waals surface area contributed by atoms with Crippen LogP contribution in [-0.2, 0) is 4.79 Å². The minimum absolute atomic E-state index is 0.359. The van der Waals surface area contributed by atoms with Crippen molar-refractivity contribution in [2.45, 2.75) is 64.8 Å². The van der Waals surface area contributed by atoms with Crippen LogP contribution in [0.15, 0.2) is 0 Å². The molecule has 0 saturated carbocycles. The van der Waals surface area contributed by atoms with Gasteiger partial charge in [-0.3, -0.25) is 4.79 Å². The lowest BCUT2D eigenvalue weighted by atomic mass is 10.1. The van der Waals surface area contributed by atoms with Gasteiger partial charge < -0.3 is 10.2 Å². The Morgan fingerprint density at radius 2 is 1.80 bits per heavy atom. The molecular formula is C16H32N2OS. The molecule has 1 saturated heterocycles. The summed E-state index contributed by atoms with van der Waals surface area (Å²) in [6.07, 6.45) is 7.90. The monoisotopic (exact) mass is 300 g/mol. The lowest BCUT2D eigenvalue weighted by Gasteiger charge is -2.27. The summed E-state index contributed by atoms with van der Waals surface area (Å²) in [5.41, 5.74) is 0. The van der Waals surface area contributed by atoms with E-state index in [0.717, 1.165) is 38.2 Å². The second-order valence-electron chi connectivity index (χ2n) is 5.73. The Kier molecular flexibility index (Phi) is 10.2. The second-order valence-corrected chi connectivity index (χ2v) is 6.87. The molecule has 1 amide bonds. The van der Waals surface area contributed by atoms with Gasteiger partial charge in [0.25, 0.3) is 0 Å². The number of unbranched alkanes of at least 4 members (excludes halogenated alkanes) is 4. The largest absolute Gasteiger partial charge is 0.343 e. The average Bonchev–Trinajstić information content (AvgIpc) is 2.47. The van der Waals surface area contributed by atoms with Crippen molar-refractivity contribution in [1.29, 1.82) is 0 Å². The maximum atomic E-state index is 12.5. The van der Waals surface area contributed by atoms with Crippen LogP contribution in [-0.4, -0.2) is 48.0 Å². The van der Waals surface area contributed by atoms with Crippen LogP contribution in [0.5, 0.6) is 0 Å². The summed E-state index contributed by atoms with van der Waals surface area (Å²) in [6, 6.07) is 0.390. The Hall–Kier alpha value is -0.220. The first kappa shape index (κ1) is 17.8. The fourth-order valence-corrected chi connectivity index (χ4v) is 3.51. The number of thioether (sulfide) groups is 1. The van der Waals surface area contributed by atoms with E-state index >= 15 is 0 Å². The summed E-state index contributed by atoms with van der Waals surface area (Å²) in [5, 5.41) is 3.47. The summed E-state index contributed by atoms with van der Waals surface area (Å²) in [4.78, 5) is 14.6. The fourth-order valence-electron chi connectivity index (χ4n) is 2.56. The highest BCUT2D eigenvalue weighted by atomic mass is 32.2. The number of nitrogens with one attached hydrogen (secondary N) is 1. The van der Waals surface area contributed by atoms with Crippen molar-refractivity contribution in [2.75, 3.05) is 31.1 Å². The lowest BCUT2D eigenvalue weighted by molar-refractivity contribution is -0.131. The summed E-state index contributed by atoms with van der Waals surface area (Å²) in [5.74, 6) is 2.63. The Labute approximate surface area is 129 Å². The van der Waals surface area contributed by atoms with Crippen LogP contribution in [0.25, 0.3) is 0 Å². The molecule has 0 aromatic rings. The van der Waals surface area contributed by atoms with E-state index in [4.69, 9.17) is 0 Å². The van der Waals surface area contributed by atoms with E-state index < -0.39 is 0 Å². The first-order valence-electron chi connectivity index (χ1n) is 8.36. The standard InChI is InChI=1S/C16H32N2OS/c1-3-5-7-10-18(11-8-6-4-2)16(19)13-15-14-20-12-9-17-15/h15,17H,3-14H2,1-2H3.